The molecule has 0 N–H and O–H groups in total. The van der Waals surface area contributed by atoms with Crippen molar-refractivity contribution in [3.05, 3.63) is 34.6 Å². The Hall–Kier alpha value is -1.70. The SMILES string of the molecule is CCCCCCCCCCCCCCCCCCCC[N+](CC)(CC)CC.O=C([O-])c1c(F)c(F)c(F)c(F)c1F. The monoisotopic (exact) mass is 593 g/mol. The third-order valence-electron chi connectivity index (χ3n) is 8.41. The van der Waals surface area contributed by atoms with Crippen LogP contribution in [0.25, 0.3) is 0 Å². The standard InChI is InChI=1S/C26H56N.C7HF5O2/c1-5-9-10-11-12-13-14-15-16-17-18-19-20-21-22-23-24-25-26-27(6-2,7-3)8-4;8-2-1(7(13)14)3(9)5(11)6(12)4(2)10/h5-26H2,1-4H3;(H,13,14)/q+1;/p-1. The van der Waals surface area contributed by atoms with Gasteiger partial charge in [-0.1, -0.05) is 110 Å². The van der Waals surface area contributed by atoms with Gasteiger partial charge in [0.25, 0.3) is 0 Å². The lowest BCUT2D eigenvalue weighted by molar-refractivity contribution is -0.923. The zero-order valence-corrected chi connectivity index (χ0v) is 26.2. The summed E-state index contributed by atoms with van der Waals surface area (Å²) in [7, 11) is 0. The molecule has 41 heavy (non-hydrogen) atoms. The highest BCUT2D eigenvalue weighted by atomic mass is 19.2. The Labute approximate surface area is 246 Å². The number of carbonyl (C=O) groups is 1. The number of carboxylic acid groups (broad SMARTS) is 1. The molecular weight excluding hydrogens is 537 g/mol. The van der Waals surface area contributed by atoms with E-state index in [2.05, 4.69) is 27.7 Å². The van der Waals surface area contributed by atoms with Crippen molar-refractivity contribution >= 4 is 5.97 Å². The topological polar surface area (TPSA) is 40.1 Å². The number of benzene rings is 1. The molecule has 0 aliphatic rings. The van der Waals surface area contributed by atoms with Gasteiger partial charge in [-0.05, 0) is 33.6 Å². The van der Waals surface area contributed by atoms with Gasteiger partial charge in [-0.3, -0.25) is 0 Å². The number of halogens is 5. The maximum absolute atomic E-state index is 12.5. The number of aromatic carboxylic acids is 1. The van der Waals surface area contributed by atoms with Crippen LogP contribution in [0.1, 0.15) is 154 Å². The number of quaternary nitrogens is 1. The highest BCUT2D eigenvalue weighted by Crippen LogP contribution is 2.22. The number of hydrogen-bond acceptors (Lipinski definition) is 2. The predicted molar refractivity (Wildman–Crippen MR) is 156 cm³/mol. The zero-order valence-electron chi connectivity index (χ0n) is 26.2. The largest absolute Gasteiger partial charge is 0.545 e. The number of carbonyl (C=O) groups excluding carboxylic acids is 1. The first-order valence-electron chi connectivity index (χ1n) is 16.2. The van der Waals surface area contributed by atoms with Crippen LogP contribution in [0.5, 0.6) is 0 Å². The van der Waals surface area contributed by atoms with Crippen LogP contribution in [-0.4, -0.2) is 36.6 Å². The number of nitrogens with zero attached hydrogens (tertiary/aromatic N) is 1. The summed E-state index contributed by atoms with van der Waals surface area (Å²) >= 11 is 0. The molecule has 0 saturated carbocycles. The Balaban J connectivity index is 0.000000950. The second kappa shape index (κ2) is 23.8. The summed E-state index contributed by atoms with van der Waals surface area (Å²) in [5.74, 6) is -14.4. The van der Waals surface area contributed by atoms with Crippen LogP contribution in [-0.2, 0) is 0 Å². The highest BCUT2D eigenvalue weighted by Gasteiger charge is 2.26. The lowest BCUT2D eigenvalue weighted by atomic mass is 10.0. The van der Waals surface area contributed by atoms with Crippen LogP contribution >= 0.6 is 0 Å². The molecule has 1 rings (SSSR count). The molecular formula is C33H56F5NO2. The van der Waals surface area contributed by atoms with E-state index in [1.807, 2.05) is 0 Å². The van der Waals surface area contributed by atoms with Crippen molar-refractivity contribution in [3.8, 4) is 0 Å². The number of carboxylic acids is 1. The fourth-order valence-electron chi connectivity index (χ4n) is 5.28. The summed E-state index contributed by atoms with van der Waals surface area (Å²) < 4.78 is 63.3. The second-order valence-corrected chi connectivity index (χ2v) is 11.3. The van der Waals surface area contributed by atoms with Crippen molar-refractivity contribution in [1.82, 2.24) is 0 Å². The van der Waals surface area contributed by atoms with E-state index >= 15 is 0 Å². The van der Waals surface area contributed by atoms with Crippen LogP contribution in [0.2, 0.25) is 0 Å². The molecule has 0 radical (unpaired) electrons. The Morgan fingerprint density at radius 3 is 1.02 bits per heavy atom. The summed E-state index contributed by atoms with van der Waals surface area (Å²) in [5.41, 5.74) is -1.97. The molecule has 8 heteroatoms. The van der Waals surface area contributed by atoms with Gasteiger partial charge in [0.05, 0.1) is 37.7 Å². The summed E-state index contributed by atoms with van der Waals surface area (Å²) in [6.45, 7) is 14.7. The quantitative estimate of drug-likeness (QED) is 0.0417. The van der Waals surface area contributed by atoms with Crippen LogP contribution in [0.15, 0.2) is 0 Å². The van der Waals surface area contributed by atoms with E-state index in [4.69, 9.17) is 0 Å². The van der Waals surface area contributed by atoms with Crippen molar-refractivity contribution < 1.29 is 36.3 Å². The van der Waals surface area contributed by atoms with Gasteiger partial charge < -0.3 is 14.4 Å². The van der Waals surface area contributed by atoms with Gasteiger partial charge in [0, 0.05) is 0 Å². The van der Waals surface area contributed by atoms with Crippen molar-refractivity contribution in [1.29, 1.82) is 0 Å². The van der Waals surface area contributed by atoms with Crippen molar-refractivity contribution in [2.45, 2.75) is 143 Å². The van der Waals surface area contributed by atoms with Gasteiger partial charge >= 0.3 is 0 Å². The lowest BCUT2D eigenvalue weighted by Crippen LogP contribution is -2.48. The summed E-state index contributed by atoms with van der Waals surface area (Å²) in [4.78, 5) is 10.0. The normalized spacial score (nSPS) is 11.4. The van der Waals surface area contributed by atoms with E-state index in [9.17, 15) is 31.9 Å². The molecule has 0 heterocycles. The molecule has 1 aromatic carbocycles. The van der Waals surface area contributed by atoms with Gasteiger partial charge in [0.1, 0.15) is 0 Å². The van der Waals surface area contributed by atoms with E-state index in [0.29, 0.717) is 0 Å². The first-order chi connectivity index (χ1) is 19.6. The Morgan fingerprint density at radius 1 is 0.488 bits per heavy atom. The van der Waals surface area contributed by atoms with E-state index in [1.165, 1.54) is 146 Å². The number of rotatable bonds is 23. The first-order valence-corrected chi connectivity index (χ1v) is 16.2. The van der Waals surface area contributed by atoms with E-state index in [0.717, 1.165) is 0 Å². The summed E-state index contributed by atoms with van der Waals surface area (Å²) in [6.07, 6.45) is 26.4. The lowest BCUT2D eigenvalue weighted by Gasteiger charge is -2.35. The molecule has 0 aromatic heterocycles. The molecule has 0 unspecified atom stereocenters. The Morgan fingerprint density at radius 2 is 0.756 bits per heavy atom. The van der Waals surface area contributed by atoms with Gasteiger partial charge in [-0.2, -0.15) is 0 Å². The van der Waals surface area contributed by atoms with Crippen LogP contribution in [0, 0.1) is 29.1 Å². The average Bonchev–Trinajstić information content (AvgIpc) is 2.97. The molecule has 0 fully saturated rings. The molecule has 0 aliphatic carbocycles. The molecule has 240 valence electrons. The average molecular weight is 594 g/mol. The molecule has 0 spiro atoms. The van der Waals surface area contributed by atoms with Crippen molar-refractivity contribution in [3.63, 3.8) is 0 Å². The fourth-order valence-corrected chi connectivity index (χ4v) is 5.28. The molecule has 0 saturated heterocycles. The van der Waals surface area contributed by atoms with Gasteiger partial charge in [0.15, 0.2) is 23.3 Å². The molecule has 0 atom stereocenters. The third kappa shape index (κ3) is 15.9. The maximum Gasteiger partial charge on any atom is 0.200 e. The van der Waals surface area contributed by atoms with Gasteiger partial charge in [0.2, 0.25) is 5.82 Å². The summed E-state index contributed by atoms with van der Waals surface area (Å²) in [5, 5.41) is 10.0. The zero-order chi connectivity index (χ0) is 31.1. The molecule has 0 bridgehead atoms. The number of unbranched alkanes of at least 4 members (excludes halogenated alkanes) is 17. The van der Waals surface area contributed by atoms with Gasteiger partial charge in [-0.25, -0.2) is 22.0 Å². The second-order valence-electron chi connectivity index (χ2n) is 11.3. The predicted octanol–water partition coefficient (Wildman–Crippen LogP) is 9.65. The van der Waals surface area contributed by atoms with E-state index in [1.54, 1.807) is 0 Å². The minimum Gasteiger partial charge on any atom is -0.545 e. The minimum absolute atomic E-state index is 1.31. The Bertz CT molecular complexity index is 793. The van der Waals surface area contributed by atoms with Gasteiger partial charge in [-0.15, -0.1) is 0 Å². The first kappa shape index (κ1) is 39.3. The number of hydrogen-bond donors (Lipinski definition) is 0. The van der Waals surface area contributed by atoms with E-state index < -0.39 is 40.6 Å². The minimum atomic E-state index is -2.47. The van der Waals surface area contributed by atoms with Crippen LogP contribution in [0.3, 0.4) is 0 Å². The van der Waals surface area contributed by atoms with Crippen LogP contribution < -0.4 is 5.11 Å². The maximum atomic E-state index is 12.5. The van der Waals surface area contributed by atoms with Crippen molar-refractivity contribution in [2.24, 2.45) is 0 Å². The molecule has 1 aromatic rings. The molecule has 3 nitrogen and oxygen atoms in total. The van der Waals surface area contributed by atoms with Crippen molar-refractivity contribution in [2.75, 3.05) is 26.2 Å². The Kier molecular flexibility index (Phi) is 22.8. The van der Waals surface area contributed by atoms with E-state index in [-0.39, 0.29) is 0 Å². The highest BCUT2D eigenvalue weighted by molar-refractivity contribution is 5.86. The molecule has 0 aliphatic heterocycles. The third-order valence-corrected chi connectivity index (χ3v) is 8.41. The smallest absolute Gasteiger partial charge is 0.200 e. The van der Waals surface area contributed by atoms with Crippen LogP contribution in [0.4, 0.5) is 22.0 Å². The fraction of sp³-hybridized carbons (Fsp3) is 0.788. The summed E-state index contributed by atoms with van der Waals surface area (Å²) in [6, 6.07) is 0. The molecule has 0 amide bonds.